The number of aryl methyl sites for hydroxylation is 2. The van der Waals surface area contributed by atoms with E-state index >= 15 is 0 Å². The number of carbonyl (C=O) groups is 2. The molecule has 0 atom stereocenters. The summed E-state index contributed by atoms with van der Waals surface area (Å²) in [4.78, 5) is 26.8. The van der Waals surface area contributed by atoms with Crippen LogP contribution in [0.3, 0.4) is 0 Å². The number of aromatic nitrogens is 1. The van der Waals surface area contributed by atoms with E-state index in [1.165, 1.54) is 11.1 Å². The third kappa shape index (κ3) is 3.66. The molecule has 3 N–H and O–H groups in total. The number of hydrogen-bond acceptors (Lipinski definition) is 5. The minimum Gasteiger partial charge on any atom is -0.395 e. The SMILES string of the molecule is Cc1ccc(CNC(=O)c2snc(C(=O)N3CCCC3)c2N)cc1C. The highest BCUT2D eigenvalue weighted by Crippen LogP contribution is 2.24. The van der Waals surface area contributed by atoms with E-state index in [1.54, 1.807) is 4.90 Å². The van der Waals surface area contributed by atoms with Gasteiger partial charge < -0.3 is 16.0 Å². The van der Waals surface area contributed by atoms with Crippen LogP contribution in [0.5, 0.6) is 0 Å². The normalized spacial score (nSPS) is 13.9. The lowest BCUT2D eigenvalue weighted by atomic mass is 10.1. The molecule has 2 aromatic rings. The third-order valence-electron chi connectivity index (χ3n) is 4.55. The average Bonchev–Trinajstić information content (AvgIpc) is 3.25. The molecule has 3 rings (SSSR count). The Balaban J connectivity index is 1.68. The zero-order chi connectivity index (χ0) is 18.0. The molecule has 1 aliphatic rings. The molecular weight excluding hydrogens is 336 g/mol. The molecule has 0 spiro atoms. The van der Waals surface area contributed by atoms with Crippen LogP contribution in [0.2, 0.25) is 0 Å². The molecule has 7 heteroatoms. The minimum absolute atomic E-state index is 0.180. The van der Waals surface area contributed by atoms with Gasteiger partial charge in [0.05, 0.1) is 5.69 Å². The van der Waals surface area contributed by atoms with Gasteiger partial charge >= 0.3 is 0 Å². The number of nitrogens with one attached hydrogen (secondary N) is 1. The molecule has 25 heavy (non-hydrogen) atoms. The first-order valence-electron chi connectivity index (χ1n) is 8.36. The number of benzene rings is 1. The van der Waals surface area contributed by atoms with Crippen LogP contribution < -0.4 is 11.1 Å². The summed E-state index contributed by atoms with van der Waals surface area (Å²) in [5.74, 6) is -0.479. The highest BCUT2D eigenvalue weighted by Gasteiger charge is 2.27. The molecule has 1 aromatic carbocycles. The topological polar surface area (TPSA) is 88.3 Å². The van der Waals surface area contributed by atoms with Crippen LogP contribution in [0.25, 0.3) is 0 Å². The zero-order valence-electron chi connectivity index (χ0n) is 14.5. The minimum atomic E-state index is -0.297. The molecule has 0 radical (unpaired) electrons. The molecule has 6 nitrogen and oxygen atoms in total. The van der Waals surface area contributed by atoms with Crippen molar-refractivity contribution in [2.75, 3.05) is 18.8 Å². The maximum Gasteiger partial charge on any atom is 0.275 e. The van der Waals surface area contributed by atoms with Crippen molar-refractivity contribution in [2.24, 2.45) is 0 Å². The number of anilines is 1. The van der Waals surface area contributed by atoms with Crippen LogP contribution in [0.15, 0.2) is 18.2 Å². The largest absolute Gasteiger partial charge is 0.395 e. The van der Waals surface area contributed by atoms with Gasteiger partial charge in [0.25, 0.3) is 11.8 Å². The number of likely N-dealkylation sites (tertiary alicyclic amines) is 1. The number of nitrogens with two attached hydrogens (primary N) is 1. The molecular formula is C18H22N4O2S. The average molecular weight is 358 g/mol. The fourth-order valence-corrected chi connectivity index (χ4v) is 3.57. The Bertz CT molecular complexity index is 809. The lowest BCUT2D eigenvalue weighted by Gasteiger charge is -2.13. The van der Waals surface area contributed by atoms with Crippen molar-refractivity contribution in [3.63, 3.8) is 0 Å². The van der Waals surface area contributed by atoms with Crippen LogP contribution in [0.4, 0.5) is 5.69 Å². The highest BCUT2D eigenvalue weighted by atomic mass is 32.1. The van der Waals surface area contributed by atoms with Gasteiger partial charge in [-0.05, 0) is 54.9 Å². The number of nitrogens with zero attached hydrogens (tertiary/aromatic N) is 2. The molecule has 0 unspecified atom stereocenters. The maximum atomic E-state index is 12.4. The van der Waals surface area contributed by atoms with Crippen LogP contribution in [-0.4, -0.2) is 34.2 Å². The molecule has 1 saturated heterocycles. The monoisotopic (exact) mass is 358 g/mol. The Morgan fingerprint density at radius 1 is 1.24 bits per heavy atom. The summed E-state index contributed by atoms with van der Waals surface area (Å²) in [6.07, 6.45) is 2.00. The van der Waals surface area contributed by atoms with Crippen molar-refractivity contribution in [1.82, 2.24) is 14.6 Å². The summed E-state index contributed by atoms with van der Waals surface area (Å²) in [7, 11) is 0. The van der Waals surface area contributed by atoms with Gasteiger partial charge in [0.15, 0.2) is 5.69 Å². The second-order valence-corrected chi connectivity index (χ2v) is 7.15. The number of rotatable bonds is 4. The van der Waals surface area contributed by atoms with Crippen molar-refractivity contribution in [1.29, 1.82) is 0 Å². The Hall–Kier alpha value is -2.41. The highest BCUT2D eigenvalue weighted by molar-refractivity contribution is 7.09. The molecule has 132 valence electrons. The van der Waals surface area contributed by atoms with E-state index in [-0.39, 0.29) is 23.2 Å². The summed E-state index contributed by atoms with van der Waals surface area (Å²) in [6, 6.07) is 6.07. The first kappa shape index (κ1) is 17.4. The van der Waals surface area contributed by atoms with Crippen molar-refractivity contribution in [3.8, 4) is 0 Å². The zero-order valence-corrected chi connectivity index (χ0v) is 15.3. The van der Waals surface area contributed by atoms with Crippen molar-refractivity contribution in [3.05, 3.63) is 45.5 Å². The van der Waals surface area contributed by atoms with Gasteiger partial charge in [-0.15, -0.1) is 0 Å². The number of carbonyl (C=O) groups excluding carboxylic acids is 2. The smallest absolute Gasteiger partial charge is 0.275 e. The van der Waals surface area contributed by atoms with E-state index in [4.69, 9.17) is 5.73 Å². The Labute approximate surface area is 151 Å². The predicted molar refractivity (Wildman–Crippen MR) is 98.8 cm³/mol. The molecule has 0 aliphatic carbocycles. The van der Waals surface area contributed by atoms with Crippen LogP contribution >= 0.6 is 11.5 Å². The third-order valence-corrected chi connectivity index (χ3v) is 5.42. The van der Waals surface area contributed by atoms with Crippen LogP contribution in [0, 0.1) is 13.8 Å². The van der Waals surface area contributed by atoms with Crippen molar-refractivity contribution >= 4 is 29.0 Å². The first-order chi connectivity index (χ1) is 12.0. The summed E-state index contributed by atoms with van der Waals surface area (Å²) >= 11 is 0.978. The molecule has 2 heterocycles. The Morgan fingerprint density at radius 3 is 2.64 bits per heavy atom. The summed E-state index contributed by atoms with van der Waals surface area (Å²) in [5.41, 5.74) is 9.82. The fourth-order valence-electron chi connectivity index (χ4n) is 2.86. The summed E-state index contributed by atoms with van der Waals surface area (Å²) in [5, 5.41) is 2.85. The second-order valence-electron chi connectivity index (χ2n) is 6.37. The number of hydrogen-bond donors (Lipinski definition) is 2. The lowest BCUT2D eigenvalue weighted by molar-refractivity contribution is 0.0789. The Kier molecular flexibility index (Phi) is 5.03. The van der Waals surface area contributed by atoms with Gasteiger partial charge in [-0.1, -0.05) is 18.2 Å². The van der Waals surface area contributed by atoms with Crippen LogP contribution in [-0.2, 0) is 6.54 Å². The van der Waals surface area contributed by atoms with E-state index in [9.17, 15) is 9.59 Å². The van der Waals surface area contributed by atoms with Gasteiger partial charge in [-0.3, -0.25) is 9.59 Å². The summed E-state index contributed by atoms with van der Waals surface area (Å²) in [6.45, 7) is 5.95. The Morgan fingerprint density at radius 2 is 1.96 bits per heavy atom. The fraction of sp³-hybridized carbons (Fsp3) is 0.389. The van der Waals surface area contributed by atoms with E-state index < -0.39 is 0 Å². The van der Waals surface area contributed by atoms with E-state index in [1.807, 2.05) is 25.1 Å². The molecule has 1 aromatic heterocycles. The molecule has 1 aliphatic heterocycles. The van der Waals surface area contributed by atoms with Crippen molar-refractivity contribution < 1.29 is 9.59 Å². The molecule has 2 amide bonds. The van der Waals surface area contributed by atoms with E-state index in [0.29, 0.717) is 11.4 Å². The van der Waals surface area contributed by atoms with Gasteiger partial charge in [0.2, 0.25) is 0 Å². The number of amides is 2. The van der Waals surface area contributed by atoms with E-state index in [2.05, 4.69) is 16.6 Å². The van der Waals surface area contributed by atoms with Gasteiger partial charge in [-0.2, -0.15) is 4.37 Å². The number of nitrogen functional groups attached to an aromatic ring is 1. The second kappa shape index (κ2) is 7.23. The molecule has 0 saturated carbocycles. The maximum absolute atomic E-state index is 12.4. The molecule has 0 bridgehead atoms. The molecule has 1 fully saturated rings. The van der Waals surface area contributed by atoms with Gasteiger partial charge in [-0.25, -0.2) is 0 Å². The first-order valence-corrected chi connectivity index (χ1v) is 9.13. The standard InChI is InChI=1S/C18H22N4O2S/c1-11-5-6-13(9-12(11)2)10-20-17(23)16-14(19)15(21-25-16)18(24)22-7-3-4-8-22/h5-6,9H,3-4,7-8,10,19H2,1-2H3,(H,20,23). The van der Waals surface area contributed by atoms with E-state index in [0.717, 1.165) is 43.0 Å². The predicted octanol–water partition coefficient (Wildman–Crippen LogP) is 2.51. The van der Waals surface area contributed by atoms with Crippen LogP contribution in [0.1, 0.15) is 49.7 Å². The lowest BCUT2D eigenvalue weighted by Crippen LogP contribution is -2.29. The van der Waals surface area contributed by atoms with Crippen molar-refractivity contribution in [2.45, 2.75) is 33.2 Å². The van der Waals surface area contributed by atoms with Gasteiger partial charge in [0.1, 0.15) is 4.88 Å². The quantitative estimate of drug-likeness (QED) is 0.879. The summed E-state index contributed by atoms with van der Waals surface area (Å²) < 4.78 is 4.13. The van der Waals surface area contributed by atoms with Gasteiger partial charge in [0, 0.05) is 19.6 Å².